The van der Waals surface area contributed by atoms with Crippen molar-refractivity contribution in [2.45, 2.75) is 13.0 Å². The average Bonchev–Trinajstić information content (AvgIpc) is 2.40. The van der Waals surface area contributed by atoms with Crippen molar-refractivity contribution in [2.24, 2.45) is 0 Å². The fourth-order valence-electron chi connectivity index (χ4n) is 0.623. The lowest BCUT2D eigenvalue weighted by Gasteiger charge is -2.09. The van der Waals surface area contributed by atoms with Crippen LogP contribution in [0.4, 0.5) is 0 Å². The normalized spacial score (nSPS) is 11.4. The van der Waals surface area contributed by atoms with Gasteiger partial charge in [-0.2, -0.15) is 0 Å². The number of imidazole rings is 1. The molecule has 0 bridgehead atoms. The molecule has 0 aromatic carbocycles. The van der Waals surface area contributed by atoms with E-state index in [2.05, 4.69) is 17.0 Å². The number of nitrogens with zero attached hydrogens (tertiary/aromatic N) is 2. The summed E-state index contributed by atoms with van der Waals surface area (Å²) in [4.78, 5) is 3.88. The first kappa shape index (κ1) is 10.0. The van der Waals surface area contributed by atoms with E-state index >= 15 is 0 Å². The standard InChI is InChI=1S/C7H11N3.ClH/c1-3-7(2)9-10-5-4-8-6-10;/h3-7,9H,1H2,2H3;1H. The number of aromatic nitrogens is 2. The fourth-order valence-corrected chi connectivity index (χ4v) is 0.623. The highest BCUT2D eigenvalue weighted by Crippen LogP contribution is 1.86. The van der Waals surface area contributed by atoms with Gasteiger partial charge in [-0.3, -0.25) is 4.68 Å². The summed E-state index contributed by atoms with van der Waals surface area (Å²) in [6.07, 6.45) is 7.11. The molecule has 1 atom stereocenters. The molecule has 1 N–H and O–H groups in total. The summed E-state index contributed by atoms with van der Waals surface area (Å²) < 4.78 is 1.80. The summed E-state index contributed by atoms with van der Waals surface area (Å²) in [6, 6.07) is 0.272. The Hall–Kier alpha value is -0.960. The maximum Gasteiger partial charge on any atom is 0.114 e. The van der Waals surface area contributed by atoms with Crippen molar-refractivity contribution in [1.82, 2.24) is 9.66 Å². The van der Waals surface area contributed by atoms with Crippen LogP contribution < -0.4 is 5.43 Å². The van der Waals surface area contributed by atoms with E-state index in [4.69, 9.17) is 0 Å². The monoisotopic (exact) mass is 173 g/mol. The molecule has 1 aromatic rings. The van der Waals surface area contributed by atoms with Gasteiger partial charge in [0.2, 0.25) is 0 Å². The molecule has 1 aromatic heterocycles. The molecule has 0 spiro atoms. The van der Waals surface area contributed by atoms with Crippen LogP contribution in [0.25, 0.3) is 0 Å². The zero-order valence-electron chi connectivity index (χ0n) is 6.40. The van der Waals surface area contributed by atoms with Crippen LogP contribution in [-0.4, -0.2) is 15.7 Å². The Kier molecular flexibility index (Phi) is 4.38. The van der Waals surface area contributed by atoms with Crippen LogP contribution in [-0.2, 0) is 0 Å². The minimum absolute atomic E-state index is 0. The van der Waals surface area contributed by atoms with Crippen LogP contribution >= 0.6 is 12.4 Å². The lowest BCUT2D eigenvalue weighted by atomic mass is 10.4. The Morgan fingerprint density at radius 2 is 2.45 bits per heavy atom. The van der Waals surface area contributed by atoms with Gasteiger partial charge in [0.15, 0.2) is 0 Å². The second kappa shape index (κ2) is 4.79. The van der Waals surface area contributed by atoms with Crippen molar-refractivity contribution in [3.8, 4) is 0 Å². The molecule has 1 heterocycles. The first-order valence-corrected chi connectivity index (χ1v) is 3.20. The van der Waals surface area contributed by atoms with Crippen molar-refractivity contribution in [3.63, 3.8) is 0 Å². The highest BCUT2D eigenvalue weighted by Gasteiger charge is 1.91. The van der Waals surface area contributed by atoms with Gasteiger partial charge < -0.3 is 5.43 Å². The second-order valence-electron chi connectivity index (χ2n) is 2.12. The third kappa shape index (κ3) is 3.09. The molecule has 0 saturated carbocycles. The molecule has 4 heteroatoms. The minimum Gasteiger partial charge on any atom is -0.318 e. The van der Waals surface area contributed by atoms with Crippen LogP contribution in [0.2, 0.25) is 0 Å². The molecule has 1 rings (SSSR count). The van der Waals surface area contributed by atoms with Gasteiger partial charge in [0.1, 0.15) is 6.33 Å². The summed E-state index contributed by atoms with van der Waals surface area (Å²) in [5.41, 5.74) is 3.11. The topological polar surface area (TPSA) is 29.9 Å². The Labute approximate surface area is 72.5 Å². The molecule has 0 saturated heterocycles. The van der Waals surface area contributed by atoms with Gasteiger partial charge in [-0.25, -0.2) is 4.98 Å². The molecule has 62 valence electrons. The zero-order chi connectivity index (χ0) is 7.40. The maximum absolute atomic E-state index is 3.88. The third-order valence-electron chi connectivity index (χ3n) is 1.21. The lowest BCUT2D eigenvalue weighted by Crippen LogP contribution is -2.21. The first-order valence-electron chi connectivity index (χ1n) is 3.20. The molecular weight excluding hydrogens is 162 g/mol. The van der Waals surface area contributed by atoms with Gasteiger partial charge in [-0.05, 0) is 6.92 Å². The van der Waals surface area contributed by atoms with Crippen LogP contribution in [0.3, 0.4) is 0 Å². The van der Waals surface area contributed by atoms with Gasteiger partial charge in [0.25, 0.3) is 0 Å². The van der Waals surface area contributed by atoms with E-state index < -0.39 is 0 Å². The maximum atomic E-state index is 3.88. The summed E-state index contributed by atoms with van der Waals surface area (Å²) in [7, 11) is 0. The second-order valence-corrected chi connectivity index (χ2v) is 2.12. The van der Waals surface area contributed by atoms with Crippen molar-refractivity contribution < 1.29 is 0 Å². The Bertz CT molecular complexity index is 195. The molecule has 0 aliphatic rings. The third-order valence-corrected chi connectivity index (χ3v) is 1.21. The summed E-state index contributed by atoms with van der Waals surface area (Å²) in [6.45, 7) is 5.67. The molecular formula is C7H12ClN3. The molecule has 0 aliphatic heterocycles. The average molecular weight is 174 g/mol. The fraction of sp³-hybridized carbons (Fsp3) is 0.286. The van der Waals surface area contributed by atoms with Gasteiger partial charge >= 0.3 is 0 Å². The van der Waals surface area contributed by atoms with E-state index in [1.807, 2.05) is 19.2 Å². The quantitative estimate of drug-likeness (QED) is 0.701. The van der Waals surface area contributed by atoms with Crippen LogP contribution in [0.5, 0.6) is 0 Å². The zero-order valence-corrected chi connectivity index (χ0v) is 7.21. The molecule has 0 aliphatic carbocycles. The molecule has 0 fully saturated rings. The molecule has 0 radical (unpaired) electrons. The highest BCUT2D eigenvalue weighted by atomic mass is 35.5. The highest BCUT2D eigenvalue weighted by molar-refractivity contribution is 5.85. The van der Waals surface area contributed by atoms with Crippen LogP contribution in [0.1, 0.15) is 6.92 Å². The SMILES string of the molecule is C=CC(C)Nn1ccnc1.Cl. The largest absolute Gasteiger partial charge is 0.318 e. The van der Waals surface area contributed by atoms with E-state index in [9.17, 15) is 0 Å². The Balaban J connectivity index is 0.000001000. The van der Waals surface area contributed by atoms with Gasteiger partial charge in [-0.1, -0.05) is 6.08 Å². The summed E-state index contributed by atoms with van der Waals surface area (Å²) in [5.74, 6) is 0. The van der Waals surface area contributed by atoms with Crippen LogP contribution in [0, 0.1) is 0 Å². The Morgan fingerprint density at radius 1 is 1.73 bits per heavy atom. The minimum atomic E-state index is 0. The van der Waals surface area contributed by atoms with E-state index in [0.717, 1.165) is 0 Å². The number of hydrogen-bond acceptors (Lipinski definition) is 2. The van der Waals surface area contributed by atoms with Gasteiger partial charge in [0, 0.05) is 12.4 Å². The number of halogens is 1. The molecule has 0 amide bonds. The lowest BCUT2D eigenvalue weighted by molar-refractivity contribution is 0.783. The van der Waals surface area contributed by atoms with E-state index in [1.165, 1.54) is 0 Å². The van der Waals surface area contributed by atoms with E-state index in [-0.39, 0.29) is 18.4 Å². The predicted molar refractivity (Wildman–Crippen MR) is 48.5 cm³/mol. The Morgan fingerprint density at radius 3 is 2.91 bits per heavy atom. The predicted octanol–water partition coefficient (Wildman–Crippen LogP) is 1.42. The molecule has 11 heavy (non-hydrogen) atoms. The number of hydrogen-bond donors (Lipinski definition) is 1. The number of nitrogens with one attached hydrogen (secondary N) is 1. The van der Waals surface area contributed by atoms with E-state index in [0.29, 0.717) is 0 Å². The van der Waals surface area contributed by atoms with Crippen molar-refractivity contribution >= 4 is 12.4 Å². The summed E-state index contributed by atoms with van der Waals surface area (Å²) >= 11 is 0. The molecule has 3 nitrogen and oxygen atoms in total. The van der Waals surface area contributed by atoms with E-state index in [1.54, 1.807) is 17.2 Å². The first-order chi connectivity index (χ1) is 4.83. The van der Waals surface area contributed by atoms with Crippen molar-refractivity contribution in [1.29, 1.82) is 0 Å². The summed E-state index contributed by atoms with van der Waals surface area (Å²) in [5, 5.41) is 0. The van der Waals surface area contributed by atoms with Gasteiger partial charge in [0.05, 0.1) is 6.04 Å². The van der Waals surface area contributed by atoms with Crippen LogP contribution in [0.15, 0.2) is 31.4 Å². The van der Waals surface area contributed by atoms with Gasteiger partial charge in [-0.15, -0.1) is 19.0 Å². The molecule has 1 unspecified atom stereocenters. The van der Waals surface area contributed by atoms with Crippen molar-refractivity contribution in [3.05, 3.63) is 31.4 Å². The number of rotatable bonds is 3. The van der Waals surface area contributed by atoms with Crippen molar-refractivity contribution in [2.75, 3.05) is 5.43 Å². The smallest absolute Gasteiger partial charge is 0.114 e.